The number of benzene rings is 1. The first kappa shape index (κ1) is 12.5. The second kappa shape index (κ2) is 4.52. The van der Waals surface area contributed by atoms with Crippen molar-refractivity contribution in [1.82, 2.24) is 0 Å². The molecule has 16 heavy (non-hydrogen) atoms. The Morgan fingerprint density at radius 1 is 1.38 bits per heavy atom. The zero-order valence-corrected chi connectivity index (χ0v) is 10.1. The van der Waals surface area contributed by atoms with Crippen LogP contribution in [0.4, 0.5) is 4.39 Å². The molecule has 0 bridgehead atoms. The van der Waals surface area contributed by atoms with Crippen molar-refractivity contribution in [2.24, 2.45) is 5.41 Å². The Hall–Kier alpha value is -1.56. The maximum absolute atomic E-state index is 14.0. The fourth-order valence-corrected chi connectivity index (χ4v) is 1.59. The van der Waals surface area contributed by atoms with Gasteiger partial charge < -0.3 is 4.74 Å². The van der Waals surface area contributed by atoms with E-state index in [-0.39, 0.29) is 16.7 Å². The van der Waals surface area contributed by atoms with Crippen LogP contribution in [0, 0.1) is 22.6 Å². The van der Waals surface area contributed by atoms with Crippen LogP contribution in [0.25, 0.3) is 0 Å². The summed E-state index contributed by atoms with van der Waals surface area (Å²) in [5.41, 5.74) is 0.820. The summed E-state index contributed by atoms with van der Waals surface area (Å²) in [5.74, 6) is -0.374. The Bertz CT molecular complexity index is 427. The lowest BCUT2D eigenvalue weighted by atomic mass is 9.87. The molecule has 0 aliphatic carbocycles. The van der Waals surface area contributed by atoms with Gasteiger partial charge in [0.25, 0.3) is 0 Å². The maximum Gasteiger partial charge on any atom is 0.172 e. The van der Waals surface area contributed by atoms with Crippen LogP contribution in [0.3, 0.4) is 0 Å². The summed E-state index contributed by atoms with van der Waals surface area (Å²) < 4.78 is 18.9. The van der Waals surface area contributed by atoms with Gasteiger partial charge in [-0.2, -0.15) is 5.26 Å². The maximum atomic E-state index is 14.0. The highest BCUT2D eigenvalue weighted by molar-refractivity contribution is 5.46. The van der Waals surface area contributed by atoms with Crippen LogP contribution >= 0.6 is 0 Å². The van der Waals surface area contributed by atoms with E-state index in [0.29, 0.717) is 12.0 Å². The fraction of sp³-hybridized carbons (Fsp3) is 0.462. The summed E-state index contributed by atoms with van der Waals surface area (Å²) in [6.45, 7) is 6.12. The summed E-state index contributed by atoms with van der Waals surface area (Å²) in [5, 5.41) is 8.80. The zero-order chi connectivity index (χ0) is 12.3. The summed E-state index contributed by atoms with van der Waals surface area (Å²) in [6, 6.07) is 5.17. The van der Waals surface area contributed by atoms with Gasteiger partial charge in [0.1, 0.15) is 6.07 Å². The van der Waals surface area contributed by atoms with Gasteiger partial charge in [0.15, 0.2) is 11.6 Å². The van der Waals surface area contributed by atoms with Gasteiger partial charge in [-0.15, -0.1) is 0 Å². The van der Waals surface area contributed by atoms with Crippen LogP contribution < -0.4 is 4.74 Å². The third-order valence-corrected chi connectivity index (χ3v) is 2.22. The Kier molecular flexibility index (Phi) is 3.54. The van der Waals surface area contributed by atoms with E-state index >= 15 is 0 Å². The summed E-state index contributed by atoms with van der Waals surface area (Å²) in [7, 11) is 1.38. The van der Waals surface area contributed by atoms with E-state index in [4.69, 9.17) is 10.00 Å². The number of rotatable bonds is 2. The molecule has 1 rings (SSSR count). The minimum absolute atomic E-state index is 0.0000112. The Morgan fingerprint density at radius 3 is 2.44 bits per heavy atom. The van der Waals surface area contributed by atoms with Gasteiger partial charge in [-0.3, -0.25) is 0 Å². The van der Waals surface area contributed by atoms with Gasteiger partial charge in [-0.1, -0.05) is 26.8 Å². The van der Waals surface area contributed by atoms with Crippen LogP contribution in [-0.2, 0) is 6.42 Å². The number of hydrogen-bond acceptors (Lipinski definition) is 2. The van der Waals surface area contributed by atoms with E-state index in [0.717, 1.165) is 0 Å². The molecule has 3 heteroatoms. The molecule has 2 nitrogen and oxygen atoms in total. The second-order valence-electron chi connectivity index (χ2n) is 4.97. The van der Waals surface area contributed by atoms with Crippen LogP contribution in [0.2, 0.25) is 0 Å². The molecule has 0 N–H and O–H groups in total. The smallest absolute Gasteiger partial charge is 0.172 e. The monoisotopic (exact) mass is 221 g/mol. The molecule has 0 atom stereocenters. The SMILES string of the molecule is COc1c(C#N)ccc(CC(C)(C)C)c1F. The van der Waals surface area contributed by atoms with Gasteiger partial charge in [0, 0.05) is 0 Å². The molecular formula is C13H16FNO. The van der Waals surface area contributed by atoms with Gasteiger partial charge in [0.05, 0.1) is 12.7 Å². The number of halogens is 1. The molecule has 0 aliphatic heterocycles. The van der Waals surface area contributed by atoms with E-state index in [2.05, 4.69) is 0 Å². The fourth-order valence-electron chi connectivity index (χ4n) is 1.59. The first-order valence-corrected chi connectivity index (χ1v) is 5.14. The van der Waals surface area contributed by atoms with Gasteiger partial charge in [0.2, 0.25) is 0 Å². The standard InChI is InChI=1S/C13H16FNO/c1-13(2,3)7-9-5-6-10(8-15)12(16-4)11(9)14/h5-6H,7H2,1-4H3. The second-order valence-corrected chi connectivity index (χ2v) is 4.97. The predicted molar refractivity (Wildman–Crippen MR) is 60.8 cm³/mol. The average molecular weight is 221 g/mol. The third kappa shape index (κ3) is 2.73. The van der Waals surface area contributed by atoms with Crippen LogP contribution in [0.15, 0.2) is 12.1 Å². The lowest BCUT2D eigenvalue weighted by Crippen LogP contribution is -2.11. The quantitative estimate of drug-likeness (QED) is 0.767. The Labute approximate surface area is 95.7 Å². The van der Waals surface area contributed by atoms with Gasteiger partial charge in [-0.25, -0.2) is 4.39 Å². The van der Waals surface area contributed by atoms with Crippen molar-refractivity contribution >= 4 is 0 Å². The molecule has 0 unspecified atom stereocenters. The highest BCUT2D eigenvalue weighted by Crippen LogP contribution is 2.29. The number of nitriles is 1. The molecule has 0 aromatic heterocycles. The molecule has 0 saturated heterocycles. The van der Waals surface area contributed by atoms with E-state index in [1.54, 1.807) is 12.1 Å². The Morgan fingerprint density at radius 2 is 2.00 bits per heavy atom. The molecule has 0 radical (unpaired) electrons. The molecule has 0 saturated carbocycles. The van der Waals surface area contributed by atoms with E-state index in [9.17, 15) is 4.39 Å². The molecule has 1 aromatic carbocycles. The molecule has 0 spiro atoms. The summed E-state index contributed by atoms with van der Waals surface area (Å²) in [6.07, 6.45) is 0.612. The number of methoxy groups -OCH3 is 1. The average Bonchev–Trinajstić information content (AvgIpc) is 2.19. The highest BCUT2D eigenvalue weighted by Gasteiger charge is 2.18. The minimum atomic E-state index is -0.420. The normalized spacial score (nSPS) is 11.0. The zero-order valence-electron chi connectivity index (χ0n) is 10.1. The highest BCUT2D eigenvalue weighted by atomic mass is 19.1. The molecule has 86 valence electrons. The lowest BCUT2D eigenvalue weighted by Gasteiger charge is -2.19. The minimum Gasteiger partial charge on any atom is -0.492 e. The van der Waals surface area contributed by atoms with Crippen molar-refractivity contribution in [3.05, 3.63) is 29.1 Å². The van der Waals surface area contributed by atoms with Crippen LogP contribution in [0.5, 0.6) is 5.75 Å². The van der Waals surface area contributed by atoms with E-state index in [1.807, 2.05) is 26.8 Å². The molecular weight excluding hydrogens is 205 g/mol. The number of hydrogen-bond donors (Lipinski definition) is 0. The predicted octanol–water partition coefficient (Wildman–Crippen LogP) is 3.29. The van der Waals surface area contributed by atoms with Crippen molar-refractivity contribution in [2.45, 2.75) is 27.2 Å². The molecule has 1 aromatic rings. The number of ether oxygens (including phenoxy) is 1. The molecule has 0 heterocycles. The lowest BCUT2D eigenvalue weighted by molar-refractivity contribution is 0.369. The summed E-state index contributed by atoms with van der Waals surface area (Å²) in [4.78, 5) is 0. The van der Waals surface area contributed by atoms with Crippen molar-refractivity contribution in [3.8, 4) is 11.8 Å². The third-order valence-electron chi connectivity index (χ3n) is 2.22. The Balaban J connectivity index is 3.20. The molecule has 0 fully saturated rings. The van der Waals surface area contributed by atoms with Crippen molar-refractivity contribution < 1.29 is 9.13 Å². The first-order chi connectivity index (χ1) is 7.39. The van der Waals surface area contributed by atoms with Crippen LogP contribution in [0.1, 0.15) is 31.9 Å². The van der Waals surface area contributed by atoms with Gasteiger partial charge >= 0.3 is 0 Å². The van der Waals surface area contributed by atoms with E-state index in [1.165, 1.54) is 7.11 Å². The van der Waals surface area contributed by atoms with E-state index < -0.39 is 5.82 Å². The van der Waals surface area contributed by atoms with Crippen LogP contribution in [-0.4, -0.2) is 7.11 Å². The first-order valence-electron chi connectivity index (χ1n) is 5.14. The van der Waals surface area contributed by atoms with Gasteiger partial charge in [-0.05, 0) is 23.5 Å². The molecule has 0 amide bonds. The number of nitrogens with zero attached hydrogens (tertiary/aromatic N) is 1. The topological polar surface area (TPSA) is 33.0 Å². The van der Waals surface area contributed by atoms with Crippen molar-refractivity contribution in [2.75, 3.05) is 7.11 Å². The summed E-state index contributed by atoms with van der Waals surface area (Å²) >= 11 is 0. The molecule has 0 aliphatic rings. The van der Waals surface area contributed by atoms with Crippen molar-refractivity contribution in [1.29, 1.82) is 5.26 Å². The largest absolute Gasteiger partial charge is 0.492 e. The van der Waals surface area contributed by atoms with Crippen molar-refractivity contribution in [3.63, 3.8) is 0 Å².